The smallest absolute Gasteiger partial charge is 0.341 e. The van der Waals surface area contributed by atoms with Gasteiger partial charge in [0.25, 0.3) is 5.91 Å². The number of hydrogen-bond acceptors (Lipinski definition) is 5. The van der Waals surface area contributed by atoms with Gasteiger partial charge in [-0.15, -0.1) is 0 Å². The van der Waals surface area contributed by atoms with Crippen LogP contribution >= 0.6 is 11.8 Å². The van der Waals surface area contributed by atoms with E-state index in [9.17, 15) is 14.0 Å². The maximum atomic E-state index is 13.7. The first kappa shape index (κ1) is 19.6. The number of rotatable bonds is 6. The number of pyridine rings is 1. The molecule has 1 atom stereocenters. The number of aromatic nitrogens is 1. The molecule has 1 heterocycles. The van der Waals surface area contributed by atoms with E-state index in [4.69, 9.17) is 4.74 Å². The zero-order chi connectivity index (χ0) is 19.9. The van der Waals surface area contributed by atoms with Gasteiger partial charge in [0.2, 0.25) is 0 Å². The normalized spacial score (nSPS) is 11.5. The van der Waals surface area contributed by atoms with Crippen LogP contribution in [0.4, 0.5) is 10.1 Å². The Bertz CT molecular complexity index is 982. The highest BCUT2D eigenvalue weighted by atomic mass is 32.2. The summed E-state index contributed by atoms with van der Waals surface area (Å²) in [5.41, 5.74) is 0.277. The van der Waals surface area contributed by atoms with Crippen molar-refractivity contribution >= 4 is 29.3 Å². The van der Waals surface area contributed by atoms with Crippen molar-refractivity contribution in [3.63, 3.8) is 0 Å². The molecular weight excluding hydrogens is 379 g/mol. The van der Waals surface area contributed by atoms with E-state index >= 15 is 0 Å². The molecule has 0 fully saturated rings. The number of carbonyl (C=O) groups excluding carboxylic acids is 2. The van der Waals surface area contributed by atoms with Crippen LogP contribution < -0.4 is 5.32 Å². The fourth-order valence-electron chi connectivity index (χ4n) is 2.30. The maximum Gasteiger partial charge on any atom is 0.341 e. The molecule has 28 heavy (non-hydrogen) atoms. The minimum atomic E-state index is -1.11. The number of para-hydroxylation sites is 1. The number of esters is 1. The molecule has 0 saturated heterocycles. The average Bonchev–Trinajstić information content (AvgIpc) is 2.70. The van der Waals surface area contributed by atoms with Crippen LogP contribution in [0.1, 0.15) is 17.3 Å². The number of ether oxygens (including phenoxy) is 1. The summed E-state index contributed by atoms with van der Waals surface area (Å²) in [7, 11) is 0. The Morgan fingerprint density at radius 2 is 1.75 bits per heavy atom. The molecule has 0 bridgehead atoms. The molecule has 7 heteroatoms. The summed E-state index contributed by atoms with van der Waals surface area (Å²) in [4.78, 5) is 29.9. The van der Waals surface area contributed by atoms with Crippen LogP contribution in [0, 0.1) is 5.82 Å². The van der Waals surface area contributed by atoms with Gasteiger partial charge in [-0.1, -0.05) is 42.1 Å². The average molecular weight is 396 g/mol. The van der Waals surface area contributed by atoms with Gasteiger partial charge in [0.05, 0.1) is 11.3 Å². The van der Waals surface area contributed by atoms with Crippen molar-refractivity contribution < 1.29 is 18.7 Å². The molecule has 3 rings (SSSR count). The summed E-state index contributed by atoms with van der Waals surface area (Å²) >= 11 is 1.32. The van der Waals surface area contributed by atoms with E-state index in [2.05, 4.69) is 10.3 Å². The molecule has 0 aliphatic carbocycles. The molecule has 142 valence electrons. The third-order valence-electron chi connectivity index (χ3n) is 3.73. The summed E-state index contributed by atoms with van der Waals surface area (Å²) in [6, 6.07) is 18.5. The van der Waals surface area contributed by atoms with E-state index in [1.165, 1.54) is 36.9 Å². The fourth-order valence-corrected chi connectivity index (χ4v) is 3.19. The van der Waals surface area contributed by atoms with Crippen LogP contribution in [0.2, 0.25) is 0 Å². The number of hydrogen-bond donors (Lipinski definition) is 1. The van der Waals surface area contributed by atoms with Crippen molar-refractivity contribution in [2.45, 2.75) is 22.9 Å². The summed E-state index contributed by atoms with van der Waals surface area (Å²) < 4.78 is 18.9. The summed E-state index contributed by atoms with van der Waals surface area (Å²) in [5, 5.41) is 2.88. The van der Waals surface area contributed by atoms with E-state index in [1.54, 1.807) is 24.4 Å². The third-order valence-corrected chi connectivity index (χ3v) is 4.76. The Morgan fingerprint density at radius 1 is 1.04 bits per heavy atom. The van der Waals surface area contributed by atoms with Gasteiger partial charge in [0.1, 0.15) is 10.8 Å². The fraction of sp³-hybridized carbons (Fsp3) is 0.0952. The van der Waals surface area contributed by atoms with Gasteiger partial charge in [-0.3, -0.25) is 4.79 Å². The second kappa shape index (κ2) is 9.14. The molecule has 0 spiro atoms. The van der Waals surface area contributed by atoms with E-state index in [-0.39, 0.29) is 11.3 Å². The van der Waals surface area contributed by atoms with Gasteiger partial charge in [-0.2, -0.15) is 0 Å². The van der Waals surface area contributed by atoms with Crippen molar-refractivity contribution in [3.05, 3.63) is 84.3 Å². The Labute approximate surface area is 166 Å². The van der Waals surface area contributed by atoms with Gasteiger partial charge in [0.15, 0.2) is 6.10 Å². The molecular formula is C21H17FN2O3S. The van der Waals surface area contributed by atoms with Crippen molar-refractivity contribution in [1.29, 1.82) is 0 Å². The lowest BCUT2D eigenvalue weighted by Crippen LogP contribution is -2.30. The molecule has 0 aliphatic heterocycles. The van der Waals surface area contributed by atoms with Crippen molar-refractivity contribution in [2.75, 3.05) is 5.32 Å². The quantitative estimate of drug-likeness (QED) is 0.619. The van der Waals surface area contributed by atoms with E-state index in [0.29, 0.717) is 5.03 Å². The lowest BCUT2D eigenvalue weighted by molar-refractivity contribution is -0.123. The number of carbonyl (C=O) groups is 2. The van der Waals surface area contributed by atoms with Crippen LogP contribution in [0.25, 0.3) is 0 Å². The standard InChI is InChI=1S/C21H17FN2O3S/c1-14(19(25)24-18-12-6-5-11-17(18)22)27-21(26)16-10-7-13-23-20(16)28-15-8-3-2-4-9-15/h2-14H,1H3,(H,24,25). The molecule has 0 radical (unpaired) electrons. The first-order valence-corrected chi connectivity index (χ1v) is 9.30. The van der Waals surface area contributed by atoms with Crippen LogP contribution in [0.3, 0.4) is 0 Å². The van der Waals surface area contributed by atoms with E-state index < -0.39 is 23.8 Å². The highest BCUT2D eigenvalue weighted by Crippen LogP contribution is 2.28. The van der Waals surface area contributed by atoms with Crippen LogP contribution in [0.15, 0.2) is 82.8 Å². The van der Waals surface area contributed by atoms with Crippen molar-refractivity contribution in [2.24, 2.45) is 0 Å². The number of benzene rings is 2. The van der Waals surface area contributed by atoms with Crippen LogP contribution in [-0.4, -0.2) is 23.0 Å². The lowest BCUT2D eigenvalue weighted by Gasteiger charge is -2.15. The second-order valence-electron chi connectivity index (χ2n) is 5.79. The van der Waals surface area contributed by atoms with Crippen molar-refractivity contribution in [3.8, 4) is 0 Å². The minimum absolute atomic E-state index is 0.0251. The molecule has 2 aromatic carbocycles. The van der Waals surface area contributed by atoms with E-state index in [1.807, 2.05) is 30.3 Å². The zero-order valence-electron chi connectivity index (χ0n) is 15.0. The highest BCUT2D eigenvalue weighted by molar-refractivity contribution is 7.99. The topological polar surface area (TPSA) is 68.3 Å². The Balaban J connectivity index is 1.69. The third kappa shape index (κ3) is 4.95. The molecule has 0 aliphatic rings. The molecule has 0 saturated carbocycles. The number of anilines is 1. The van der Waals surface area contributed by atoms with Gasteiger partial charge in [-0.05, 0) is 43.3 Å². The second-order valence-corrected chi connectivity index (χ2v) is 6.85. The molecule has 3 aromatic rings. The molecule has 5 nitrogen and oxygen atoms in total. The first-order chi connectivity index (χ1) is 13.5. The number of halogens is 1. The van der Waals surface area contributed by atoms with Gasteiger partial charge in [-0.25, -0.2) is 14.2 Å². The Hall–Kier alpha value is -3.19. The highest BCUT2D eigenvalue weighted by Gasteiger charge is 2.22. The maximum absolute atomic E-state index is 13.7. The van der Waals surface area contributed by atoms with Crippen LogP contribution in [0.5, 0.6) is 0 Å². The predicted molar refractivity (Wildman–Crippen MR) is 105 cm³/mol. The largest absolute Gasteiger partial charge is 0.449 e. The molecule has 1 N–H and O–H groups in total. The van der Waals surface area contributed by atoms with Gasteiger partial charge < -0.3 is 10.1 Å². The van der Waals surface area contributed by atoms with E-state index in [0.717, 1.165) is 4.90 Å². The Morgan fingerprint density at radius 3 is 2.50 bits per heavy atom. The summed E-state index contributed by atoms with van der Waals surface area (Å²) in [6.45, 7) is 1.43. The van der Waals surface area contributed by atoms with Crippen molar-refractivity contribution in [1.82, 2.24) is 4.98 Å². The SMILES string of the molecule is CC(OC(=O)c1cccnc1Sc1ccccc1)C(=O)Nc1ccccc1F. The molecule has 1 unspecified atom stereocenters. The molecule has 1 amide bonds. The lowest BCUT2D eigenvalue weighted by atomic mass is 10.2. The van der Waals surface area contributed by atoms with Crippen LogP contribution in [-0.2, 0) is 9.53 Å². The summed E-state index contributed by atoms with van der Waals surface area (Å²) in [6.07, 6.45) is 0.470. The number of amides is 1. The van der Waals surface area contributed by atoms with Gasteiger partial charge >= 0.3 is 5.97 Å². The van der Waals surface area contributed by atoms with Gasteiger partial charge in [0, 0.05) is 11.1 Å². The monoisotopic (exact) mass is 396 g/mol. The number of nitrogens with zero attached hydrogens (tertiary/aromatic N) is 1. The number of nitrogens with one attached hydrogen (secondary N) is 1. The zero-order valence-corrected chi connectivity index (χ0v) is 15.8. The molecule has 1 aromatic heterocycles. The summed E-state index contributed by atoms with van der Waals surface area (Å²) in [5.74, 6) is -1.87. The predicted octanol–water partition coefficient (Wildman–Crippen LogP) is 4.56. The Kier molecular flexibility index (Phi) is 6.39. The minimum Gasteiger partial charge on any atom is -0.449 e. The first-order valence-electron chi connectivity index (χ1n) is 8.49.